The summed E-state index contributed by atoms with van der Waals surface area (Å²) < 4.78 is 16.3. The molecule has 1 saturated carbocycles. The predicted molar refractivity (Wildman–Crippen MR) is 98.6 cm³/mol. The first-order valence-corrected chi connectivity index (χ1v) is 9.51. The fourth-order valence-corrected chi connectivity index (χ4v) is 3.63. The minimum absolute atomic E-state index is 0.00341. The lowest BCUT2D eigenvalue weighted by atomic mass is 10.2. The molecule has 0 saturated heterocycles. The lowest BCUT2D eigenvalue weighted by Gasteiger charge is -2.14. The highest BCUT2D eigenvalue weighted by Crippen LogP contribution is 2.34. The first kappa shape index (κ1) is 18.6. The number of thioether (sulfide) groups is 1. The van der Waals surface area contributed by atoms with Crippen LogP contribution in [0.3, 0.4) is 0 Å². The number of hydrogen-bond donors (Lipinski definition) is 1. The molecule has 1 fully saturated rings. The molecule has 0 unspecified atom stereocenters. The zero-order chi connectivity index (χ0) is 18.5. The second kappa shape index (κ2) is 8.44. The van der Waals surface area contributed by atoms with Crippen molar-refractivity contribution in [2.75, 3.05) is 14.2 Å². The molecule has 1 aliphatic carbocycles. The second-order valence-corrected chi connectivity index (χ2v) is 7.48. The van der Waals surface area contributed by atoms with Gasteiger partial charge in [0, 0.05) is 12.1 Å². The van der Waals surface area contributed by atoms with Gasteiger partial charge in [-0.05, 0) is 31.9 Å². The van der Waals surface area contributed by atoms with Crippen LogP contribution in [0.15, 0.2) is 27.8 Å². The fourth-order valence-electron chi connectivity index (χ4n) is 2.93. The summed E-state index contributed by atoms with van der Waals surface area (Å²) >= 11 is 1.25. The van der Waals surface area contributed by atoms with Gasteiger partial charge in [-0.3, -0.25) is 4.79 Å². The van der Waals surface area contributed by atoms with Crippen molar-refractivity contribution in [3.63, 3.8) is 0 Å². The molecule has 1 atom stereocenters. The van der Waals surface area contributed by atoms with Crippen LogP contribution in [-0.4, -0.2) is 41.6 Å². The fraction of sp³-hybridized carbons (Fsp3) is 0.500. The molecule has 0 radical (unpaired) electrons. The smallest absolute Gasteiger partial charge is 0.277 e. The van der Waals surface area contributed by atoms with Crippen molar-refractivity contribution in [2.45, 2.75) is 49.1 Å². The lowest BCUT2D eigenvalue weighted by molar-refractivity contribution is -0.120. The third-order valence-corrected chi connectivity index (χ3v) is 5.33. The minimum Gasteiger partial charge on any atom is -0.497 e. The molecule has 0 aliphatic heterocycles. The van der Waals surface area contributed by atoms with E-state index in [0.717, 1.165) is 12.8 Å². The summed E-state index contributed by atoms with van der Waals surface area (Å²) in [5, 5.41) is 11.3. The Bertz CT molecular complexity index is 759. The topological polar surface area (TPSA) is 86.5 Å². The summed E-state index contributed by atoms with van der Waals surface area (Å²) in [7, 11) is 3.16. The molecule has 1 aliphatic rings. The third-order valence-electron chi connectivity index (χ3n) is 4.39. The average molecular weight is 377 g/mol. The van der Waals surface area contributed by atoms with E-state index in [1.54, 1.807) is 32.4 Å². The van der Waals surface area contributed by atoms with Crippen LogP contribution in [0.2, 0.25) is 0 Å². The average Bonchev–Trinajstić information content (AvgIpc) is 3.33. The van der Waals surface area contributed by atoms with Crippen LogP contribution in [0, 0.1) is 0 Å². The van der Waals surface area contributed by atoms with Crippen LogP contribution < -0.4 is 14.8 Å². The molecule has 26 heavy (non-hydrogen) atoms. The number of carbonyl (C=O) groups is 1. The molecule has 1 heterocycles. The molecule has 7 nitrogen and oxygen atoms in total. The van der Waals surface area contributed by atoms with E-state index in [0.29, 0.717) is 34.2 Å². The van der Waals surface area contributed by atoms with Gasteiger partial charge in [-0.15, -0.1) is 10.2 Å². The van der Waals surface area contributed by atoms with Crippen molar-refractivity contribution < 1.29 is 18.7 Å². The van der Waals surface area contributed by atoms with Crippen molar-refractivity contribution in [3.05, 3.63) is 18.2 Å². The van der Waals surface area contributed by atoms with Crippen molar-refractivity contribution in [2.24, 2.45) is 0 Å². The maximum absolute atomic E-state index is 12.3. The van der Waals surface area contributed by atoms with Crippen LogP contribution in [-0.2, 0) is 4.79 Å². The molecule has 0 bridgehead atoms. The van der Waals surface area contributed by atoms with Gasteiger partial charge in [0.15, 0.2) is 0 Å². The van der Waals surface area contributed by atoms with Gasteiger partial charge in [-0.2, -0.15) is 0 Å². The quantitative estimate of drug-likeness (QED) is 0.741. The van der Waals surface area contributed by atoms with Crippen molar-refractivity contribution in [3.8, 4) is 23.0 Å². The number of ether oxygens (including phenoxy) is 2. The molecule has 140 valence electrons. The first-order valence-electron chi connectivity index (χ1n) is 8.63. The Labute approximate surface area is 156 Å². The highest BCUT2D eigenvalue weighted by atomic mass is 32.2. The Morgan fingerprint density at radius 3 is 2.73 bits per heavy atom. The Kier molecular flexibility index (Phi) is 6.03. The third kappa shape index (κ3) is 4.30. The molecular weight excluding hydrogens is 354 g/mol. The van der Waals surface area contributed by atoms with Gasteiger partial charge in [-0.25, -0.2) is 0 Å². The van der Waals surface area contributed by atoms with Crippen LogP contribution in [0.25, 0.3) is 11.5 Å². The summed E-state index contributed by atoms with van der Waals surface area (Å²) in [5.41, 5.74) is 0.677. The zero-order valence-electron chi connectivity index (χ0n) is 15.2. The largest absolute Gasteiger partial charge is 0.497 e. The molecule has 1 amide bonds. The van der Waals surface area contributed by atoms with Crippen molar-refractivity contribution in [1.29, 1.82) is 0 Å². The number of amides is 1. The molecule has 1 N–H and O–H groups in total. The van der Waals surface area contributed by atoms with Gasteiger partial charge in [-0.1, -0.05) is 24.6 Å². The Morgan fingerprint density at radius 2 is 2.04 bits per heavy atom. The highest BCUT2D eigenvalue weighted by Gasteiger charge is 2.23. The molecule has 2 aromatic rings. The van der Waals surface area contributed by atoms with Crippen LogP contribution in [0.5, 0.6) is 11.5 Å². The Morgan fingerprint density at radius 1 is 1.27 bits per heavy atom. The maximum atomic E-state index is 12.3. The van der Waals surface area contributed by atoms with Gasteiger partial charge >= 0.3 is 0 Å². The van der Waals surface area contributed by atoms with Gasteiger partial charge in [0.1, 0.15) is 11.5 Å². The SMILES string of the molecule is COc1ccc(-c2nnc(S[C@H](C)C(=O)NC3CCCC3)o2)c(OC)c1. The minimum atomic E-state index is -0.304. The Balaban J connectivity index is 1.66. The highest BCUT2D eigenvalue weighted by molar-refractivity contribution is 8.00. The summed E-state index contributed by atoms with van der Waals surface area (Å²) in [5.74, 6) is 1.60. The van der Waals surface area contributed by atoms with E-state index in [1.807, 2.05) is 6.92 Å². The number of nitrogens with one attached hydrogen (secondary N) is 1. The summed E-state index contributed by atoms with van der Waals surface area (Å²) in [6.45, 7) is 1.84. The van der Waals surface area contributed by atoms with Gasteiger partial charge in [0.05, 0.1) is 25.0 Å². The number of carbonyl (C=O) groups excluding carboxylic acids is 1. The second-order valence-electron chi connectivity index (χ2n) is 6.19. The number of rotatable bonds is 7. The standard InChI is InChI=1S/C18H23N3O4S/c1-11(16(22)19-12-6-4-5-7-12)26-18-21-20-17(25-18)14-9-8-13(23-2)10-15(14)24-3/h8-12H,4-7H2,1-3H3,(H,19,22)/t11-/m1/s1. The summed E-state index contributed by atoms with van der Waals surface area (Å²) in [6.07, 6.45) is 4.49. The van der Waals surface area contributed by atoms with Crippen LogP contribution in [0.4, 0.5) is 0 Å². The number of aromatic nitrogens is 2. The van der Waals surface area contributed by atoms with Crippen LogP contribution in [0.1, 0.15) is 32.6 Å². The van der Waals surface area contributed by atoms with E-state index >= 15 is 0 Å². The molecule has 0 spiro atoms. The molecular formula is C18H23N3O4S. The lowest BCUT2D eigenvalue weighted by Crippen LogP contribution is -2.37. The van der Waals surface area contributed by atoms with E-state index in [1.165, 1.54) is 24.6 Å². The predicted octanol–water partition coefficient (Wildman–Crippen LogP) is 3.29. The molecule has 3 rings (SSSR count). The van der Waals surface area contributed by atoms with E-state index in [4.69, 9.17) is 13.9 Å². The van der Waals surface area contributed by atoms with Gasteiger partial charge in [0.2, 0.25) is 5.91 Å². The molecule has 1 aromatic heterocycles. The summed E-state index contributed by atoms with van der Waals surface area (Å²) in [6, 6.07) is 5.65. The maximum Gasteiger partial charge on any atom is 0.277 e. The first-order chi connectivity index (χ1) is 12.6. The van der Waals surface area contributed by atoms with Crippen LogP contribution >= 0.6 is 11.8 Å². The van der Waals surface area contributed by atoms with Gasteiger partial charge < -0.3 is 19.2 Å². The van der Waals surface area contributed by atoms with Crippen molar-refractivity contribution in [1.82, 2.24) is 15.5 Å². The molecule has 1 aromatic carbocycles. The monoisotopic (exact) mass is 377 g/mol. The van der Waals surface area contributed by atoms with E-state index in [9.17, 15) is 4.79 Å². The molecule has 8 heteroatoms. The number of nitrogens with zero attached hydrogens (tertiary/aromatic N) is 2. The van der Waals surface area contributed by atoms with E-state index in [-0.39, 0.29) is 11.2 Å². The van der Waals surface area contributed by atoms with E-state index in [2.05, 4.69) is 15.5 Å². The zero-order valence-corrected chi connectivity index (χ0v) is 16.0. The van der Waals surface area contributed by atoms with Gasteiger partial charge in [0.25, 0.3) is 11.1 Å². The van der Waals surface area contributed by atoms with E-state index < -0.39 is 0 Å². The number of hydrogen-bond acceptors (Lipinski definition) is 7. The number of benzene rings is 1. The van der Waals surface area contributed by atoms with Crippen molar-refractivity contribution >= 4 is 17.7 Å². The Hall–Kier alpha value is -2.22. The normalized spacial score (nSPS) is 15.7. The number of methoxy groups -OCH3 is 2. The summed E-state index contributed by atoms with van der Waals surface area (Å²) in [4.78, 5) is 12.3.